The van der Waals surface area contributed by atoms with Crippen LogP contribution in [-0.2, 0) is 19.6 Å². The van der Waals surface area contributed by atoms with Gasteiger partial charge in [-0.05, 0) is 70.6 Å². The number of piperazine rings is 1. The summed E-state index contributed by atoms with van der Waals surface area (Å²) in [5.41, 5.74) is 0. The Bertz CT molecular complexity index is 855. The van der Waals surface area contributed by atoms with E-state index in [1.165, 1.54) is 4.31 Å². The predicted molar refractivity (Wildman–Crippen MR) is 122 cm³/mol. The normalized spacial score (nSPS) is 39.2. The van der Waals surface area contributed by atoms with Crippen LogP contribution in [0.1, 0.15) is 65.7 Å². The Morgan fingerprint density at radius 2 is 1.70 bits per heavy atom. The van der Waals surface area contributed by atoms with Gasteiger partial charge in [0, 0.05) is 26.1 Å². The summed E-state index contributed by atoms with van der Waals surface area (Å²) in [7, 11) is -3.32. The minimum absolute atomic E-state index is 0.0237. The van der Waals surface area contributed by atoms with Crippen LogP contribution in [0, 0.1) is 11.8 Å². The zero-order chi connectivity index (χ0) is 23.9. The van der Waals surface area contributed by atoms with E-state index in [0.29, 0.717) is 39.0 Å². The number of ether oxygens (including phenoxy) is 1. The Kier molecular flexibility index (Phi) is 7.24. The van der Waals surface area contributed by atoms with E-state index < -0.39 is 22.2 Å². The predicted octanol–water partition coefficient (Wildman–Crippen LogP) is 2.78. The van der Waals surface area contributed by atoms with Crippen molar-refractivity contribution in [1.82, 2.24) is 14.1 Å². The summed E-state index contributed by atoms with van der Waals surface area (Å²) in [5, 5.41) is 0. The molecule has 33 heavy (non-hydrogen) atoms. The fraction of sp³-hybridized carbons (Fsp3) is 0.913. The topological polar surface area (TPSA) is 87.2 Å². The number of carbonyl (C=O) groups is 2. The number of rotatable bonds is 3. The standard InChI is InChI=1S/C23H38FN3O5S/c1-4-32-23(29)25-14-15(2)27(16(3)28)21-9-7-18(13-22(21)25)17-6-8-20(19(24)12-17)26-10-5-11-33(26,30)31/h15,17-22H,4-14H2,1-3H3/t15-,17?,18?,19?,20?,21?,22?/m0/s1. The number of carbonyl (C=O) groups excluding carboxylic acids is 2. The van der Waals surface area contributed by atoms with Crippen molar-refractivity contribution in [2.24, 2.45) is 11.8 Å². The van der Waals surface area contributed by atoms with Gasteiger partial charge in [0.05, 0.1) is 30.5 Å². The summed E-state index contributed by atoms with van der Waals surface area (Å²) in [5.74, 6) is 0.562. The molecule has 0 aromatic rings. The van der Waals surface area contributed by atoms with Crippen molar-refractivity contribution >= 4 is 22.0 Å². The molecule has 8 nitrogen and oxygen atoms in total. The highest BCUT2D eigenvalue weighted by molar-refractivity contribution is 7.89. The number of halogens is 1. The lowest BCUT2D eigenvalue weighted by atomic mass is 9.68. The molecule has 7 atom stereocenters. The SMILES string of the molecule is CCOC(=O)N1C[C@H](C)N(C(C)=O)C2CCC(C3CCC(N4CCCS4(=O)=O)C(F)C3)CC21. The van der Waals surface area contributed by atoms with E-state index in [1.54, 1.807) is 18.7 Å². The smallest absolute Gasteiger partial charge is 0.410 e. The largest absolute Gasteiger partial charge is 0.450 e. The maximum atomic E-state index is 15.3. The van der Waals surface area contributed by atoms with Crippen LogP contribution >= 0.6 is 0 Å². The number of fused-ring (bicyclic) bond motifs is 1. The lowest BCUT2D eigenvalue weighted by Gasteiger charge is -2.54. The summed E-state index contributed by atoms with van der Waals surface area (Å²) in [4.78, 5) is 28.8. The molecule has 2 saturated carbocycles. The van der Waals surface area contributed by atoms with Crippen LogP contribution < -0.4 is 0 Å². The first-order valence-electron chi connectivity index (χ1n) is 12.5. The van der Waals surface area contributed by atoms with Crippen molar-refractivity contribution in [2.45, 2.75) is 96.1 Å². The summed E-state index contributed by atoms with van der Waals surface area (Å²) in [6.45, 7) is 6.51. The first kappa shape index (κ1) is 24.7. The van der Waals surface area contributed by atoms with Gasteiger partial charge < -0.3 is 14.5 Å². The van der Waals surface area contributed by atoms with Crippen molar-refractivity contribution in [2.75, 3.05) is 25.4 Å². The molecular weight excluding hydrogens is 449 g/mol. The van der Waals surface area contributed by atoms with Gasteiger partial charge >= 0.3 is 6.09 Å². The number of sulfonamides is 1. The molecule has 0 N–H and O–H groups in total. The van der Waals surface area contributed by atoms with Gasteiger partial charge in [-0.2, -0.15) is 4.31 Å². The summed E-state index contributed by atoms with van der Waals surface area (Å²) in [6, 6.07) is -0.778. The van der Waals surface area contributed by atoms with Crippen LogP contribution in [0.5, 0.6) is 0 Å². The average molecular weight is 488 g/mol. The molecule has 10 heteroatoms. The summed E-state index contributed by atoms with van der Waals surface area (Å²) >= 11 is 0. The molecule has 0 spiro atoms. The van der Waals surface area contributed by atoms with Gasteiger partial charge in [0.1, 0.15) is 6.17 Å². The number of hydrogen-bond donors (Lipinski definition) is 0. The Morgan fingerprint density at radius 1 is 1.03 bits per heavy atom. The highest BCUT2D eigenvalue weighted by Gasteiger charge is 2.49. The zero-order valence-corrected chi connectivity index (χ0v) is 20.8. The van der Waals surface area contributed by atoms with Crippen LogP contribution in [0.4, 0.5) is 9.18 Å². The van der Waals surface area contributed by atoms with Gasteiger partial charge in [0.25, 0.3) is 0 Å². The Labute approximate surface area is 196 Å². The Balaban J connectivity index is 1.46. The number of hydrogen-bond acceptors (Lipinski definition) is 5. The van der Waals surface area contributed by atoms with Crippen LogP contribution in [0.3, 0.4) is 0 Å². The monoisotopic (exact) mass is 487 g/mol. The summed E-state index contributed by atoms with van der Waals surface area (Å²) in [6.07, 6.45) is 3.19. The van der Waals surface area contributed by atoms with Gasteiger partial charge in [-0.3, -0.25) is 4.79 Å². The molecule has 4 rings (SSSR count). The molecule has 0 radical (unpaired) electrons. The second-order valence-electron chi connectivity index (χ2n) is 10.3. The van der Waals surface area contributed by atoms with Crippen molar-refractivity contribution in [1.29, 1.82) is 0 Å². The quantitative estimate of drug-likeness (QED) is 0.611. The van der Waals surface area contributed by atoms with Crippen LogP contribution in [0.25, 0.3) is 0 Å². The van der Waals surface area contributed by atoms with E-state index in [-0.39, 0.29) is 47.7 Å². The molecular formula is C23H38FN3O5S. The van der Waals surface area contributed by atoms with Crippen LogP contribution in [-0.4, -0.2) is 90.3 Å². The molecule has 188 valence electrons. The van der Waals surface area contributed by atoms with Gasteiger partial charge in [-0.15, -0.1) is 0 Å². The highest BCUT2D eigenvalue weighted by atomic mass is 32.2. The minimum Gasteiger partial charge on any atom is -0.450 e. The minimum atomic E-state index is -3.32. The van der Waals surface area contributed by atoms with E-state index >= 15 is 4.39 Å². The molecule has 2 aliphatic carbocycles. The molecule has 4 aliphatic rings. The van der Waals surface area contributed by atoms with E-state index in [4.69, 9.17) is 4.74 Å². The van der Waals surface area contributed by atoms with Gasteiger partial charge in [-0.25, -0.2) is 17.6 Å². The maximum Gasteiger partial charge on any atom is 0.410 e. The third kappa shape index (κ3) is 4.74. The maximum absolute atomic E-state index is 15.3. The second-order valence-corrected chi connectivity index (χ2v) is 12.3. The highest BCUT2D eigenvalue weighted by Crippen LogP contribution is 2.44. The van der Waals surface area contributed by atoms with E-state index in [2.05, 4.69) is 0 Å². The fourth-order valence-electron chi connectivity index (χ4n) is 6.96. The van der Waals surface area contributed by atoms with E-state index in [1.807, 2.05) is 11.8 Å². The second kappa shape index (κ2) is 9.68. The van der Waals surface area contributed by atoms with E-state index in [0.717, 1.165) is 25.7 Å². The molecule has 2 heterocycles. The van der Waals surface area contributed by atoms with Gasteiger partial charge in [0.15, 0.2) is 0 Å². The molecule has 0 aromatic carbocycles. The number of nitrogens with zero attached hydrogens (tertiary/aromatic N) is 3. The third-order valence-corrected chi connectivity index (χ3v) is 10.3. The molecule has 6 unspecified atom stereocenters. The first-order chi connectivity index (χ1) is 15.6. The number of amides is 2. The lowest BCUT2D eigenvalue weighted by Crippen LogP contribution is -2.67. The number of alkyl halides is 1. The van der Waals surface area contributed by atoms with E-state index in [9.17, 15) is 18.0 Å². The molecule has 0 aromatic heterocycles. The van der Waals surface area contributed by atoms with Crippen LogP contribution in [0.15, 0.2) is 0 Å². The summed E-state index contributed by atoms with van der Waals surface area (Å²) < 4.78 is 46.6. The van der Waals surface area contributed by atoms with Gasteiger partial charge in [0.2, 0.25) is 15.9 Å². The molecule has 4 fully saturated rings. The van der Waals surface area contributed by atoms with Crippen LogP contribution in [0.2, 0.25) is 0 Å². The zero-order valence-electron chi connectivity index (χ0n) is 20.0. The Morgan fingerprint density at radius 3 is 2.27 bits per heavy atom. The molecule has 0 bridgehead atoms. The molecule has 2 saturated heterocycles. The fourth-order valence-corrected chi connectivity index (χ4v) is 8.74. The van der Waals surface area contributed by atoms with Crippen molar-refractivity contribution < 1.29 is 27.1 Å². The molecule has 2 aliphatic heterocycles. The van der Waals surface area contributed by atoms with Crippen molar-refractivity contribution in [3.8, 4) is 0 Å². The Hall–Kier alpha value is -1.42. The van der Waals surface area contributed by atoms with Crippen molar-refractivity contribution in [3.63, 3.8) is 0 Å². The third-order valence-electron chi connectivity index (χ3n) is 8.33. The average Bonchev–Trinajstić information content (AvgIpc) is 3.11. The van der Waals surface area contributed by atoms with Crippen molar-refractivity contribution in [3.05, 3.63) is 0 Å². The lowest BCUT2D eigenvalue weighted by molar-refractivity contribution is -0.142. The molecule has 2 amide bonds. The van der Waals surface area contributed by atoms with Gasteiger partial charge in [-0.1, -0.05) is 0 Å². The first-order valence-corrected chi connectivity index (χ1v) is 14.1.